The molecule has 0 fully saturated rings. The first kappa shape index (κ1) is 11.8. The summed E-state index contributed by atoms with van der Waals surface area (Å²) < 4.78 is 0.801. The van der Waals surface area contributed by atoms with Crippen molar-refractivity contribution in [3.05, 3.63) is 21.8 Å². The number of hydrogen-bond acceptors (Lipinski definition) is 1. The van der Waals surface area contributed by atoms with Crippen molar-refractivity contribution < 1.29 is 36.5 Å². The molecule has 0 aliphatic rings. The summed E-state index contributed by atoms with van der Waals surface area (Å²) >= 11 is 6.86. The monoisotopic (exact) mass is 260 g/mol. The topological polar surface area (TPSA) is 0 Å². The fraction of sp³-hybridized carbons (Fsp3) is 0. The molecule has 1 aromatic rings. The zero-order valence-electron chi connectivity index (χ0n) is 4.03. The predicted molar refractivity (Wildman–Crippen MR) is 28.2 cm³/mol. The van der Waals surface area contributed by atoms with E-state index in [1.165, 1.54) is 11.3 Å². The Bertz CT molecular complexity index is 120. The quantitative estimate of drug-likeness (QED) is 0.538. The molecule has 0 nitrogen and oxygen atoms in total. The average molecular weight is 263 g/mol. The van der Waals surface area contributed by atoms with Crippen molar-refractivity contribution in [1.29, 1.82) is 0 Å². The standard InChI is InChI=1S/C4H2ClS.BrH.Zn/c5-4-2-1-3-6-4;;/h1-2H;1H;/p-1. The third-order valence-electron chi connectivity index (χ3n) is 0.439. The summed E-state index contributed by atoms with van der Waals surface area (Å²) in [5.74, 6) is 0. The van der Waals surface area contributed by atoms with Gasteiger partial charge in [0.05, 0.1) is 4.34 Å². The van der Waals surface area contributed by atoms with Crippen LogP contribution in [0.4, 0.5) is 0 Å². The van der Waals surface area contributed by atoms with E-state index < -0.39 is 0 Å². The van der Waals surface area contributed by atoms with E-state index in [2.05, 4.69) is 5.38 Å². The van der Waals surface area contributed by atoms with E-state index in [1.54, 1.807) is 6.07 Å². The fourth-order valence-electron chi connectivity index (χ4n) is 0.224. The van der Waals surface area contributed by atoms with Crippen molar-refractivity contribution in [3.63, 3.8) is 0 Å². The van der Waals surface area contributed by atoms with E-state index in [0.717, 1.165) is 4.34 Å². The van der Waals surface area contributed by atoms with E-state index in [4.69, 9.17) is 11.6 Å². The van der Waals surface area contributed by atoms with Crippen LogP contribution in [0.25, 0.3) is 0 Å². The smallest absolute Gasteiger partial charge is 0.0935 e. The Morgan fingerprint density at radius 2 is 2.25 bits per heavy atom. The minimum absolute atomic E-state index is 0. The van der Waals surface area contributed by atoms with Gasteiger partial charge in [0, 0.05) is 24.9 Å². The van der Waals surface area contributed by atoms with E-state index >= 15 is 0 Å². The molecule has 0 aromatic carbocycles. The second kappa shape index (κ2) is 6.22. The summed E-state index contributed by atoms with van der Waals surface area (Å²) in [4.78, 5) is 0. The van der Waals surface area contributed by atoms with Crippen LogP contribution in [0.5, 0.6) is 0 Å². The van der Waals surface area contributed by atoms with Crippen LogP contribution < -0.4 is 17.0 Å². The molecule has 0 bridgehead atoms. The van der Waals surface area contributed by atoms with Gasteiger partial charge in [-0.2, -0.15) is 0 Å². The Morgan fingerprint density at radius 1 is 1.62 bits per heavy atom. The molecular formula is C4H2BrClSZn-. The van der Waals surface area contributed by atoms with Crippen LogP contribution in [0.15, 0.2) is 12.1 Å². The van der Waals surface area contributed by atoms with Gasteiger partial charge in [-0.3, -0.25) is 0 Å². The largest absolute Gasteiger partial charge is 1.00 e. The molecule has 0 aliphatic heterocycles. The molecule has 41 valence electrons. The molecule has 0 unspecified atom stereocenters. The molecule has 0 saturated heterocycles. The molecular weight excluding hydrogens is 261 g/mol. The first-order valence-electron chi connectivity index (χ1n) is 1.51. The van der Waals surface area contributed by atoms with Crippen LogP contribution in [0.1, 0.15) is 0 Å². The van der Waals surface area contributed by atoms with E-state index in [1.807, 2.05) is 6.07 Å². The van der Waals surface area contributed by atoms with E-state index in [-0.39, 0.29) is 36.5 Å². The summed E-state index contributed by atoms with van der Waals surface area (Å²) in [6.45, 7) is 0. The molecule has 0 amide bonds. The summed E-state index contributed by atoms with van der Waals surface area (Å²) in [5, 5.41) is 2.84. The Kier molecular flexibility index (Phi) is 9.20. The zero-order chi connectivity index (χ0) is 4.41. The van der Waals surface area contributed by atoms with Gasteiger partial charge in [0.25, 0.3) is 0 Å². The Morgan fingerprint density at radius 3 is 2.38 bits per heavy atom. The molecule has 0 saturated carbocycles. The minimum Gasteiger partial charge on any atom is -1.00 e. The van der Waals surface area contributed by atoms with Gasteiger partial charge >= 0.3 is 0 Å². The molecule has 1 radical (unpaired) electrons. The van der Waals surface area contributed by atoms with Crippen LogP contribution in [-0.4, -0.2) is 0 Å². The number of hydrogen-bond donors (Lipinski definition) is 0. The molecule has 1 rings (SSSR count). The van der Waals surface area contributed by atoms with Gasteiger partial charge < -0.3 is 17.0 Å². The van der Waals surface area contributed by atoms with Crippen LogP contribution >= 0.6 is 22.9 Å². The van der Waals surface area contributed by atoms with Gasteiger partial charge in [-0.05, 0) is 12.1 Å². The Balaban J connectivity index is 0. The SMILES string of the molecule is Clc1cc[c]s1.[Br-].[Zn]. The molecule has 4 heteroatoms. The summed E-state index contributed by atoms with van der Waals surface area (Å²) in [7, 11) is 0. The molecule has 0 spiro atoms. The van der Waals surface area contributed by atoms with Gasteiger partial charge in [0.1, 0.15) is 0 Å². The maximum Gasteiger partial charge on any atom is 0.0935 e. The fourth-order valence-corrected chi connectivity index (χ4v) is 0.805. The Labute approximate surface area is 80.8 Å². The molecule has 0 N–H and O–H groups in total. The van der Waals surface area contributed by atoms with Crippen molar-refractivity contribution in [2.45, 2.75) is 0 Å². The summed E-state index contributed by atoms with van der Waals surface area (Å²) in [6.07, 6.45) is 0. The maximum atomic E-state index is 5.44. The van der Waals surface area contributed by atoms with Crippen LogP contribution in [0.3, 0.4) is 0 Å². The maximum absolute atomic E-state index is 5.44. The van der Waals surface area contributed by atoms with Gasteiger partial charge in [-0.15, -0.1) is 11.3 Å². The summed E-state index contributed by atoms with van der Waals surface area (Å²) in [6, 6.07) is 3.61. The molecule has 0 aliphatic carbocycles. The van der Waals surface area contributed by atoms with E-state index in [0.29, 0.717) is 0 Å². The zero-order valence-corrected chi connectivity index (χ0v) is 10.2. The molecule has 1 heterocycles. The molecule has 1 aromatic heterocycles. The van der Waals surface area contributed by atoms with Gasteiger partial charge in [0.15, 0.2) is 0 Å². The van der Waals surface area contributed by atoms with Crippen molar-refractivity contribution in [2.75, 3.05) is 0 Å². The van der Waals surface area contributed by atoms with Gasteiger partial charge in [-0.1, -0.05) is 11.6 Å². The Hall–Kier alpha value is 1.09. The van der Waals surface area contributed by atoms with Gasteiger partial charge in [0.2, 0.25) is 0 Å². The van der Waals surface area contributed by atoms with Gasteiger partial charge in [-0.25, -0.2) is 0 Å². The van der Waals surface area contributed by atoms with Crippen molar-refractivity contribution in [1.82, 2.24) is 0 Å². The van der Waals surface area contributed by atoms with Crippen LogP contribution in [-0.2, 0) is 19.5 Å². The molecule has 8 heavy (non-hydrogen) atoms. The first-order chi connectivity index (χ1) is 2.89. The van der Waals surface area contributed by atoms with Crippen LogP contribution in [0.2, 0.25) is 4.34 Å². The van der Waals surface area contributed by atoms with Crippen molar-refractivity contribution in [3.8, 4) is 0 Å². The third kappa shape index (κ3) is 4.02. The third-order valence-corrected chi connectivity index (χ3v) is 1.38. The first-order valence-corrected chi connectivity index (χ1v) is 2.70. The number of rotatable bonds is 0. The van der Waals surface area contributed by atoms with Crippen molar-refractivity contribution in [2.24, 2.45) is 0 Å². The van der Waals surface area contributed by atoms with Crippen LogP contribution in [0, 0.1) is 5.38 Å². The minimum atomic E-state index is 0. The molecule has 0 atom stereocenters. The summed E-state index contributed by atoms with van der Waals surface area (Å²) in [5.41, 5.74) is 0. The number of thiophene rings is 1. The number of halogens is 2. The second-order valence-electron chi connectivity index (χ2n) is 0.857. The normalized spacial score (nSPS) is 6.62. The second-order valence-corrected chi connectivity index (χ2v) is 2.37. The van der Waals surface area contributed by atoms with Crippen molar-refractivity contribution >= 4 is 22.9 Å². The van der Waals surface area contributed by atoms with E-state index in [9.17, 15) is 0 Å². The average Bonchev–Trinajstić information content (AvgIpc) is 1.86. The predicted octanol–water partition coefficient (Wildman–Crippen LogP) is -0.797.